The van der Waals surface area contributed by atoms with E-state index in [0.29, 0.717) is 12.2 Å². The Morgan fingerprint density at radius 3 is 1.52 bits per heavy atom. The maximum atomic E-state index is 6.29. The minimum atomic E-state index is 0.322. The van der Waals surface area contributed by atoms with Gasteiger partial charge in [-0.3, -0.25) is 9.80 Å². The molecular weight excluding hydrogens is 408 g/mol. The molecule has 0 amide bonds. The molecule has 4 nitrogen and oxygen atoms in total. The summed E-state index contributed by atoms with van der Waals surface area (Å²) in [5.74, 6) is 2.20. The van der Waals surface area contributed by atoms with Gasteiger partial charge in [0.2, 0.25) is 0 Å². The second kappa shape index (κ2) is 9.68. The van der Waals surface area contributed by atoms with Crippen molar-refractivity contribution in [2.75, 3.05) is 39.3 Å². The Morgan fingerprint density at radius 2 is 1.06 bits per heavy atom. The van der Waals surface area contributed by atoms with Crippen LogP contribution in [0.5, 0.6) is 11.5 Å². The van der Waals surface area contributed by atoms with Crippen molar-refractivity contribution < 1.29 is 9.47 Å². The van der Waals surface area contributed by atoms with Crippen molar-refractivity contribution in [3.8, 4) is 11.5 Å². The van der Waals surface area contributed by atoms with Crippen LogP contribution in [0.25, 0.3) is 0 Å². The molecule has 0 N–H and O–H groups in total. The monoisotopic (exact) mass is 446 g/mol. The van der Waals surface area contributed by atoms with Gasteiger partial charge in [0.25, 0.3) is 0 Å². The minimum Gasteiger partial charge on any atom is -0.488 e. The molecule has 0 aromatic heterocycles. The summed E-state index contributed by atoms with van der Waals surface area (Å²) in [6, 6.07) is 13.7. The Labute approximate surface area is 198 Å². The molecule has 4 aliphatic heterocycles. The van der Waals surface area contributed by atoms with Crippen LogP contribution < -0.4 is 9.47 Å². The summed E-state index contributed by atoms with van der Waals surface area (Å²) in [6.45, 7) is 7.11. The lowest BCUT2D eigenvalue weighted by Crippen LogP contribution is -2.38. The minimum absolute atomic E-state index is 0.322. The van der Waals surface area contributed by atoms with E-state index in [1.807, 2.05) is 0 Å². The van der Waals surface area contributed by atoms with Crippen LogP contribution in [0.2, 0.25) is 0 Å². The van der Waals surface area contributed by atoms with Crippen LogP contribution in [0, 0.1) is 0 Å². The second-order valence-corrected chi connectivity index (χ2v) is 10.7. The standard InChI is InChI=1S/C29H38N2O2/c1-3-11-30(12-4-1)20-26-18-24-16-22(7-9-28(24)32-26)15-23-8-10-29-25(17-23)19-27(33-29)21-31-13-5-2-6-14-31/h7-10,16-17,26-27H,1-6,11-15,18-21H2. The molecule has 2 aromatic rings. The van der Waals surface area contributed by atoms with Gasteiger partial charge in [-0.2, -0.15) is 0 Å². The summed E-state index contributed by atoms with van der Waals surface area (Å²) < 4.78 is 12.6. The zero-order valence-electron chi connectivity index (χ0n) is 19.9. The summed E-state index contributed by atoms with van der Waals surface area (Å²) >= 11 is 0. The molecule has 0 saturated carbocycles. The molecule has 33 heavy (non-hydrogen) atoms. The van der Waals surface area contributed by atoms with Gasteiger partial charge < -0.3 is 9.47 Å². The van der Waals surface area contributed by atoms with Crippen LogP contribution in [0.3, 0.4) is 0 Å². The van der Waals surface area contributed by atoms with Crippen molar-refractivity contribution >= 4 is 0 Å². The third kappa shape index (κ3) is 5.07. The zero-order valence-corrected chi connectivity index (χ0v) is 19.9. The Kier molecular flexibility index (Phi) is 6.30. The lowest BCUT2D eigenvalue weighted by molar-refractivity contribution is 0.134. The molecule has 4 heterocycles. The van der Waals surface area contributed by atoms with Gasteiger partial charge in [0.15, 0.2) is 0 Å². The van der Waals surface area contributed by atoms with Gasteiger partial charge in [-0.15, -0.1) is 0 Å². The molecule has 0 bridgehead atoms. The molecule has 4 aliphatic rings. The fourth-order valence-electron chi connectivity index (χ4n) is 6.27. The normalized spacial score (nSPS) is 25.3. The first-order valence-corrected chi connectivity index (χ1v) is 13.3. The Balaban J connectivity index is 1.06. The molecule has 176 valence electrons. The Bertz CT molecular complexity index is 885. The number of likely N-dealkylation sites (tertiary alicyclic amines) is 2. The maximum Gasteiger partial charge on any atom is 0.123 e. The van der Waals surface area contributed by atoms with E-state index in [1.165, 1.54) is 87.0 Å². The van der Waals surface area contributed by atoms with Gasteiger partial charge in [0.1, 0.15) is 23.7 Å². The maximum absolute atomic E-state index is 6.29. The van der Waals surface area contributed by atoms with E-state index in [9.17, 15) is 0 Å². The molecule has 0 radical (unpaired) electrons. The zero-order chi connectivity index (χ0) is 22.0. The fourth-order valence-corrected chi connectivity index (χ4v) is 6.27. The van der Waals surface area contributed by atoms with Crippen molar-refractivity contribution in [3.63, 3.8) is 0 Å². The van der Waals surface area contributed by atoms with E-state index in [4.69, 9.17) is 9.47 Å². The van der Waals surface area contributed by atoms with E-state index >= 15 is 0 Å². The van der Waals surface area contributed by atoms with E-state index in [-0.39, 0.29) is 0 Å². The molecule has 2 atom stereocenters. The van der Waals surface area contributed by atoms with E-state index < -0.39 is 0 Å². The highest BCUT2D eigenvalue weighted by atomic mass is 16.5. The van der Waals surface area contributed by atoms with Crippen molar-refractivity contribution in [2.24, 2.45) is 0 Å². The van der Waals surface area contributed by atoms with Gasteiger partial charge in [-0.1, -0.05) is 37.1 Å². The Morgan fingerprint density at radius 1 is 0.606 bits per heavy atom. The predicted octanol–water partition coefficient (Wildman–Crippen LogP) is 4.86. The van der Waals surface area contributed by atoms with Crippen LogP contribution >= 0.6 is 0 Å². The average molecular weight is 447 g/mol. The molecule has 0 spiro atoms. The first-order chi connectivity index (χ1) is 16.3. The number of nitrogens with zero attached hydrogens (tertiary/aromatic N) is 2. The second-order valence-electron chi connectivity index (χ2n) is 10.7. The quantitative estimate of drug-likeness (QED) is 0.633. The highest BCUT2D eigenvalue weighted by Crippen LogP contribution is 2.33. The largest absolute Gasteiger partial charge is 0.488 e. The smallest absolute Gasteiger partial charge is 0.123 e. The van der Waals surface area contributed by atoms with Gasteiger partial charge in [-0.25, -0.2) is 0 Å². The third-order valence-corrected chi connectivity index (χ3v) is 7.96. The highest BCUT2D eigenvalue weighted by Gasteiger charge is 2.27. The van der Waals surface area contributed by atoms with Crippen LogP contribution in [0.4, 0.5) is 0 Å². The number of hydrogen-bond acceptors (Lipinski definition) is 4. The van der Waals surface area contributed by atoms with E-state index in [2.05, 4.69) is 46.2 Å². The van der Waals surface area contributed by atoms with Crippen LogP contribution in [-0.4, -0.2) is 61.3 Å². The van der Waals surface area contributed by atoms with Crippen molar-refractivity contribution in [2.45, 2.75) is 70.0 Å². The Hall–Kier alpha value is -2.04. The van der Waals surface area contributed by atoms with Gasteiger partial charge in [0, 0.05) is 25.9 Å². The summed E-state index contributed by atoms with van der Waals surface area (Å²) in [5.41, 5.74) is 5.56. The first-order valence-electron chi connectivity index (χ1n) is 13.3. The van der Waals surface area contributed by atoms with Crippen molar-refractivity contribution in [1.82, 2.24) is 9.80 Å². The number of ether oxygens (including phenoxy) is 2. The van der Waals surface area contributed by atoms with E-state index in [0.717, 1.165) is 43.9 Å². The lowest BCUT2D eigenvalue weighted by atomic mass is 9.98. The average Bonchev–Trinajstić information content (AvgIpc) is 3.42. The number of piperidine rings is 2. The summed E-state index contributed by atoms with van der Waals surface area (Å²) in [5, 5.41) is 0. The van der Waals surface area contributed by atoms with Crippen molar-refractivity contribution in [3.05, 3.63) is 58.7 Å². The number of rotatable bonds is 6. The van der Waals surface area contributed by atoms with Gasteiger partial charge in [0.05, 0.1) is 0 Å². The van der Waals surface area contributed by atoms with Gasteiger partial charge >= 0.3 is 0 Å². The van der Waals surface area contributed by atoms with Crippen molar-refractivity contribution in [1.29, 1.82) is 0 Å². The van der Waals surface area contributed by atoms with Gasteiger partial charge in [-0.05, 0) is 92.7 Å². The number of benzene rings is 2. The number of hydrogen-bond donors (Lipinski definition) is 0. The first kappa shape index (κ1) is 21.5. The molecule has 2 fully saturated rings. The molecule has 2 unspecified atom stereocenters. The lowest BCUT2D eigenvalue weighted by Gasteiger charge is -2.28. The summed E-state index contributed by atoms with van der Waals surface area (Å²) in [4.78, 5) is 5.18. The fraction of sp³-hybridized carbons (Fsp3) is 0.586. The summed E-state index contributed by atoms with van der Waals surface area (Å²) in [6.07, 6.45) is 11.9. The number of fused-ring (bicyclic) bond motifs is 2. The predicted molar refractivity (Wildman–Crippen MR) is 133 cm³/mol. The van der Waals surface area contributed by atoms with Crippen LogP contribution in [0.1, 0.15) is 60.8 Å². The van der Waals surface area contributed by atoms with E-state index in [1.54, 1.807) is 0 Å². The topological polar surface area (TPSA) is 24.9 Å². The SMILES string of the molecule is c1cc2c(cc1Cc1ccc3c(c1)CC(CN1CCCCC1)O3)CC(CN1CCCCC1)O2. The molecule has 6 rings (SSSR count). The molecule has 0 aliphatic carbocycles. The summed E-state index contributed by atoms with van der Waals surface area (Å²) in [7, 11) is 0. The van der Waals surface area contributed by atoms with Crippen LogP contribution in [-0.2, 0) is 19.3 Å². The van der Waals surface area contributed by atoms with Crippen LogP contribution in [0.15, 0.2) is 36.4 Å². The molecule has 4 heteroatoms. The third-order valence-electron chi connectivity index (χ3n) is 7.96. The molecular formula is C29H38N2O2. The highest BCUT2D eigenvalue weighted by molar-refractivity contribution is 5.45. The molecule has 2 aromatic carbocycles. The molecule has 2 saturated heterocycles.